The fourth-order valence-electron chi connectivity index (χ4n) is 8.30. The first-order valence-electron chi connectivity index (χ1n) is 24.4. The quantitative estimate of drug-likeness (QED) is 0.0309. The van der Waals surface area contributed by atoms with E-state index in [4.69, 9.17) is 56.2 Å². The van der Waals surface area contributed by atoms with Crippen molar-refractivity contribution >= 4 is 94.8 Å². The molecule has 13 nitrogen and oxygen atoms in total. The zero-order valence-corrected chi connectivity index (χ0v) is 51.0. The minimum Gasteiger partial charge on any atom is -0.494 e. The van der Waals surface area contributed by atoms with Crippen LogP contribution in [0.1, 0.15) is 61.5 Å². The number of rotatable bonds is 20. The van der Waals surface area contributed by atoms with Crippen molar-refractivity contribution in [1.29, 1.82) is 0 Å². The summed E-state index contributed by atoms with van der Waals surface area (Å²) in [6, 6.07) is 47.0. The fourth-order valence-corrected chi connectivity index (χ4v) is 32.3. The number of nitrogen functional groups attached to an aromatic ring is 6. The van der Waals surface area contributed by atoms with Crippen LogP contribution < -0.4 is 43.9 Å². The molecule has 77 heavy (non-hydrogen) atoms. The first kappa shape index (κ1) is 71.2. The third kappa shape index (κ3) is 25.1. The summed E-state index contributed by atoms with van der Waals surface area (Å²) >= 11 is 0. The Hall–Kier alpha value is -5.76. The number of hydrogen-bond acceptors (Lipinski definition) is 13. The second-order valence-electron chi connectivity index (χ2n) is 21.8. The molecule has 6 aromatic rings. The smallest absolute Gasteiger partial charge is 0.254 e. The van der Waals surface area contributed by atoms with Gasteiger partial charge >= 0.3 is 0 Å². The van der Waals surface area contributed by atoms with Crippen molar-refractivity contribution in [2.24, 2.45) is 0 Å². The molecule has 0 bridgehead atoms. The molecular weight excluding hydrogens is 1060 g/mol. The molecule has 0 spiro atoms. The van der Waals surface area contributed by atoms with Gasteiger partial charge in [0.05, 0.1) is 0 Å². The molecule has 12 N–H and O–H groups in total. The van der Waals surface area contributed by atoms with E-state index in [0.29, 0.717) is 52.1 Å². The maximum Gasteiger partial charge on any atom is 0.254 e. The summed E-state index contributed by atoms with van der Waals surface area (Å²) in [6.07, 6.45) is 0.930. The molecule has 0 unspecified atom stereocenters. The number of hydrogen-bond donors (Lipinski definition) is 6. The van der Waals surface area contributed by atoms with E-state index >= 15 is 0 Å². The highest BCUT2D eigenvalue weighted by molar-refractivity contribution is 7.06. The number of carbonyl (C=O) groups is 2. The largest absolute Gasteiger partial charge is 0.494 e. The lowest BCUT2D eigenvalue weighted by Gasteiger charge is -2.34. The van der Waals surface area contributed by atoms with Gasteiger partial charge in [-0.1, -0.05) is 72.2 Å². The van der Waals surface area contributed by atoms with E-state index in [-0.39, 0.29) is 40.5 Å². The maximum atomic E-state index is 12.9. The molecule has 0 radical (unpaired) electrons. The van der Waals surface area contributed by atoms with Gasteiger partial charge in [0.25, 0.3) is 16.6 Å². The van der Waals surface area contributed by atoms with Gasteiger partial charge in [-0.3, -0.25) is 9.59 Å². The van der Waals surface area contributed by atoms with Crippen LogP contribution in [0.2, 0.25) is 78.6 Å². The van der Waals surface area contributed by atoms with Crippen molar-refractivity contribution < 1.29 is 31.4 Å². The van der Waals surface area contributed by atoms with E-state index in [9.17, 15) is 9.59 Å². The molecule has 0 atom stereocenters. The van der Waals surface area contributed by atoms with Crippen LogP contribution in [0.4, 0.5) is 34.1 Å². The zero-order chi connectivity index (χ0) is 54.4. The number of nitrogens with two attached hydrogens (primary N) is 6. The van der Waals surface area contributed by atoms with Crippen molar-refractivity contribution in [3.05, 3.63) is 168 Å². The topological polar surface area (TPSA) is 236 Å². The van der Waals surface area contributed by atoms with E-state index in [0.717, 1.165) is 29.2 Å². The highest BCUT2D eigenvalue weighted by Gasteiger charge is 2.42. The Bertz CT molecular complexity index is 2670. The summed E-state index contributed by atoms with van der Waals surface area (Å²) in [5, 5.41) is 0.116. The van der Waals surface area contributed by atoms with Crippen LogP contribution >= 0.6 is 0 Å². The van der Waals surface area contributed by atoms with Crippen LogP contribution in [-0.2, 0) is 24.4 Å². The lowest BCUT2D eigenvalue weighted by molar-refractivity contribution is 0.104. The summed E-state index contributed by atoms with van der Waals surface area (Å²) in [4.78, 5) is 25.7. The first-order chi connectivity index (χ1) is 33.8. The summed E-state index contributed by atoms with van der Waals surface area (Å²) in [5.74, 6) is 1.47. The molecule has 0 aliphatic carbocycles. The Morgan fingerprint density at radius 1 is 0.351 bits per heavy atom. The van der Waals surface area contributed by atoms with E-state index in [1.54, 1.807) is 66.7 Å². The Morgan fingerprint density at radius 2 is 0.688 bits per heavy atom. The molecule has 0 saturated carbocycles. The molecule has 0 fully saturated rings. The molecule has 0 aliphatic heterocycles. The second kappa shape index (κ2) is 30.4. The predicted octanol–water partition coefficient (Wildman–Crippen LogP) is 13.9. The van der Waals surface area contributed by atoms with Crippen LogP contribution in [0.3, 0.4) is 0 Å². The van der Waals surface area contributed by atoms with E-state index in [2.05, 4.69) is 76.6 Å². The van der Waals surface area contributed by atoms with Crippen molar-refractivity contribution in [3.8, 4) is 11.5 Å². The van der Waals surface area contributed by atoms with Crippen molar-refractivity contribution in [2.45, 2.75) is 120 Å². The monoisotopic (exact) mass is 1160 g/mol. The first-order valence-corrected chi connectivity index (χ1v) is 42.7. The van der Waals surface area contributed by atoms with Gasteiger partial charge in [0.1, 0.15) is 24.0 Å². The minimum atomic E-state index is -2.59. The average molecular weight is 1160 g/mol. The maximum absolute atomic E-state index is 12.9. The van der Waals surface area contributed by atoms with Crippen LogP contribution in [-0.4, -0.2) is 73.2 Å². The number of ether oxygens (including phenoxy) is 2. The van der Waals surface area contributed by atoms with Gasteiger partial charge in [-0.15, -0.1) is 0 Å². The van der Waals surface area contributed by atoms with Gasteiger partial charge in [-0.05, 0) is 199 Å². The molecule has 0 heterocycles. The lowest BCUT2D eigenvalue weighted by Crippen LogP contribution is -2.53. The van der Waals surface area contributed by atoms with Crippen molar-refractivity contribution in [2.75, 3.05) is 46.9 Å². The Balaban J connectivity index is 0.00000110. The van der Waals surface area contributed by atoms with Crippen molar-refractivity contribution in [1.82, 2.24) is 0 Å². The molecule has 6 rings (SSSR count). The van der Waals surface area contributed by atoms with Gasteiger partial charge in [0, 0.05) is 51.3 Å². The third-order valence-corrected chi connectivity index (χ3v) is 31.0. The lowest BCUT2D eigenvalue weighted by atomic mass is 10.2. The molecule has 0 aliphatic rings. The third-order valence-electron chi connectivity index (χ3n) is 11.2. The average Bonchev–Trinajstić information content (AvgIpc) is 3.29. The van der Waals surface area contributed by atoms with Crippen LogP contribution in [0.5, 0.6) is 11.5 Å². The highest BCUT2D eigenvalue weighted by atomic mass is 28.4. The molecule has 0 aromatic heterocycles. The molecule has 0 saturated heterocycles. The Morgan fingerprint density at radius 3 is 1.08 bits per heavy atom. The minimum absolute atomic E-state index is 0. The standard InChI is InChI=1S/2C18H26N2O3Si2.C18H28N2OSi2.4CH4/c1-24(2,13-22-17-11-9-16(20)10-12-17)23-25(3,4)18(21)14-5-7-15(19)8-6-14;1-24(2,13-22-17-10-6-9-16(20)12-17)23-25(3,4)18(21)14-7-5-8-15(19)11-14;1-22(2,13-15-5-9-17(19)10-6-15)21-23(3,4)14-16-7-11-18(20)12-8-16;;;;/h2*5-12H,13,19-20H2,1-4H3;5-12H,13-14,19-20H2,1-4H3;4*1H4. The van der Waals surface area contributed by atoms with Crippen LogP contribution in [0, 0.1) is 0 Å². The second-order valence-corrected chi connectivity index (χ2v) is 46.6. The molecule has 0 amide bonds. The van der Waals surface area contributed by atoms with Gasteiger partial charge in [0.15, 0.2) is 27.4 Å². The number of anilines is 6. The number of carbonyl (C=O) groups excluding carboxylic acids is 2. The van der Waals surface area contributed by atoms with Gasteiger partial charge in [-0.25, -0.2) is 0 Å². The zero-order valence-electron chi connectivity index (χ0n) is 45.0. The summed E-state index contributed by atoms with van der Waals surface area (Å²) in [5.41, 5.74) is 42.6. The molecular formula is C58H96N6O7Si6. The van der Waals surface area contributed by atoms with Gasteiger partial charge in [-0.2, -0.15) is 0 Å². The Kier molecular flexibility index (Phi) is 28.1. The van der Waals surface area contributed by atoms with E-state index in [1.165, 1.54) is 11.1 Å². The molecule has 6 aromatic carbocycles. The normalized spacial score (nSPS) is 11.5. The summed E-state index contributed by atoms with van der Waals surface area (Å²) in [7, 11) is -13.1. The van der Waals surface area contributed by atoms with Gasteiger partial charge in [0.2, 0.25) is 16.6 Å². The number of benzene rings is 6. The van der Waals surface area contributed by atoms with E-state index in [1.807, 2.05) is 80.8 Å². The van der Waals surface area contributed by atoms with Crippen molar-refractivity contribution in [3.63, 3.8) is 0 Å². The van der Waals surface area contributed by atoms with Crippen LogP contribution in [0.25, 0.3) is 0 Å². The molecule has 424 valence electrons. The predicted molar refractivity (Wildman–Crippen MR) is 347 cm³/mol. The SMILES string of the molecule is C.C.C.C.C[Si](C)(COc1ccc(N)cc1)O[Si](C)(C)C(=O)c1ccc(N)cc1.C[Si](C)(COc1cccc(N)c1)O[Si](C)(C)C(=O)c1cccc(N)c1.C[Si](C)(Cc1ccc(N)cc1)O[Si](C)(C)Cc1ccc(N)cc1. The van der Waals surface area contributed by atoms with E-state index < -0.39 is 49.9 Å². The summed E-state index contributed by atoms with van der Waals surface area (Å²) in [6.45, 7) is 25.2. The highest BCUT2D eigenvalue weighted by Crippen LogP contribution is 2.26. The van der Waals surface area contributed by atoms with Gasteiger partial charge < -0.3 is 56.2 Å². The fraction of sp³-hybridized carbons (Fsp3) is 0.345. The summed E-state index contributed by atoms with van der Waals surface area (Å²) < 4.78 is 31.1. The van der Waals surface area contributed by atoms with Crippen LogP contribution in [0.15, 0.2) is 146 Å². The Labute approximate surface area is 470 Å². The molecule has 19 heteroatoms.